The van der Waals surface area contributed by atoms with Crippen molar-refractivity contribution < 1.29 is 13.2 Å². The molecule has 1 aliphatic heterocycles. The molecule has 0 radical (unpaired) electrons. The van der Waals surface area contributed by atoms with Crippen LogP contribution in [0.4, 0.5) is 0 Å². The number of aromatic amines is 1. The first-order valence-electron chi connectivity index (χ1n) is 9.39. The molecule has 1 saturated heterocycles. The number of H-pyrrole nitrogens is 1. The van der Waals surface area contributed by atoms with Crippen molar-refractivity contribution in [3.63, 3.8) is 0 Å². The second kappa shape index (κ2) is 8.10. The van der Waals surface area contributed by atoms with Gasteiger partial charge < -0.3 is 4.90 Å². The summed E-state index contributed by atoms with van der Waals surface area (Å²) in [6.07, 6.45) is 1.50. The topological polar surface area (TPSA) is 110 Å². The van der Waals surface area contributed by atoms with E-state index < -0.39 is 10.0 Å². The minimum Gasteiger partial charge on any atom is -0.336 e. The third kappa shape index (κ3) is 3.58. The van der Waals surface area contributed by atoms with Crippen molar-refractivity contribution in [3.05, 3.63) is 71.9 Å². The third-order valence-electron chi connectivity index (χ3n) is 5.08. The number of carbonyl (C=O) groups excluding carboxylic acids is 1. The highest BCUT2D eigenvalue weighted by atomic mass is 32.2. The Morgan fingerprint density at radius 2 is 1.67 bits per heavy atom. The van der Waals surface area contributed by atoms with Crippen LogP contribution in [0.25, 0.3) is 11.3 Å². The van der Waals surface area contributed by atoms with Gasteiger partial charge in [0.1, 0.15) is 6.07 Å². The fraction of sp³-hybridized carbons (Fsp3) is 0.190. The molecular weight excluding hydrogens is 402 g/mol. The fourth-order valence-corrected chi connectivity index (χ4v) is 5.06. The summed E-state index contributed by atoms with van der Waals surface area (Å²) in [7, 11) is -3.80. The molecule has 0 unspecified atom stereocenters. The van der Waals surface area contributed by atoms with E-state index in [0.29, 0.717) is 11.3 Å². The second-order valence-corrected chi connectivity index (χ2v) is 8.74. The van der Waals surface area contributed by atoms with Gasteiger partial charge in [-0.1, -0.05) is 42.5 Å². The van der Waals surface area contributed by atoms with Crippen LogP contribution in [0, 0.1) is 11.3 Å². The van der Waals surface area contributed by atoms with Crippen molar-refractivity contribution in [2.24, 2.45) is 0 Å². The molecule has 2 aromatic carbocycles. The lowest BCUT2D eigenvalue weighted by Crippen LogP contribution is -2.50. The second-order valence-electron chi connectivity index (χ2n) is 6.83. The van der Waals surface area contributed by atoms with Gasteiger partial charge in [0.2, 0.25) is 10.0 Å². The predicted molar refractivity (Wildman–Crippen MR) is 110 cm³/mol. The lowest BCUT2D eigenvalue weighted by Gasteiger charge is -2.34. The maximum Gasteiger partial charge on any atom is 0.257 e. The highest BCUT2D eigenvalue weighted by Crippen LogP contribution is 2.24. The van der Waals surface area contributed by atoms with Crippen LogP contribution in [0.3, 0.4) is 0 Å². The minimum absolute atomic E-state index is 0.00604. The van der Waals surface area contributed by atoms with Crippen molar-refractivity contribution in [2.75, 3.05) is 26.2 Å². The smallest absolute Gasteiger partial charge is 0.257 e. The van der Waals surface area contributed by atoms with Crippen LogP contribution < -0.4 is 0 Å². The Bertz CT molecular complexity index is 1210. The quantitative estimate of drug-likeness (QED) is 0.694. The summed E-state index contributed by atoms with van der Waals surface area (Å²) in [6.45, 7) is 0.830. The zero-order valence-electron chi connectivity index (χ0n) is 16.0. The number of nitrogens with one attached hydrogen (secondary N) is 1. The van der Waals surface area contributed by atoms with Crippen molar-refractivity contribution in [1.29, 1.82) is 5.26 Å². The van der Waals surface area contributed by atoms with Gasteiger partial charge in [-0.25, -0.2) is 8.42 Å². The summed E-state index contributed by atoms with van der Waals surface area (Å²) in [5.74, 6) is -0.197. The number of aromatic nitrogens is 2. The van der Waals surface area contributed by atoms with Crippen LogP contribution in [0.5, 0.6) is 0 Å². The Kier molecular flexibility index (Phi) is 5.35. The number of sulfonamides is 1. The standard InChI is InChI=1S/C21H19N5O3S/c22-14-17-8-4-5-9-19(17)30(28,29)26-12-10-25(11-13-26)21(27)18-15-23-24-20(18)16-6-2-1-3-7-16/h1-9,15H,10-13H2,(H,23,24). The lowest BCUT2D eigenvalue weighted by atomic mass is 10.1. The van der Waals surface area contributed by atoms with E-state index in [4.69, 9.17) is 0 Å². The van der Waals surface area contributed by atoms with E-state index in [1.807, 2.05) is 36.4 Å². The molecule has 1 amide bonds. The van der Waals surface area contributed by atoms with E-state index >= 15 is 0 Å². The van der Waals surface area contributed by atoms with E-state index in [9.17, 15) is 18.5 Å². The zero-order valence-corrected chi connectivity index (χ0v) is 16.8. The molecule has 0 atom stereocenters. The third-order valence-corrected chi connectivity index (χ3v) is 7.04. The first-order valence-corrected chi connectivity index (χ1v) is 10.8. The molecule has 0 spiro atoms. The van der Waals surface area contributed by atoms with Crippen LogP contribution in [0.15, 0.2) is 65.7 Å². The number of hydrogen-bond donors (Lipinski definition) is 1. The molecule has 152 valence electrons. The number of hydrogen-bond acceptors (Lipinski definition) is 5. The normalized spacial score (nSPS) is 15.0. The summed E-state index contributed by atoms with van der Waals surface area (Å²) in [6, 6.07) is 17.5. The number of rotatable bonds is 4. The highest BCUT2D eigenvalue weighted by Gasteiger charge is 2.32. The van der Waals surface area contributed by atoms with E-state index in [1.165, 1.54) is 22.6 Å². The molecule has 0 aliphatic carbocycles. The number of amides is 1. The number of piperazine rings is 1. The number of nitriles is 1. The minimum atomic E-state index is -3.80. The summed E-state index contributed by atoms with van der Waals surface area (Å²) in [5, 5.41) is 16.1. The van der Waals surface area contributed by atoms with E-state index in [-0.39, 0.29) is 42.5 Å². The first kappa shape index (κ1) is 19.8. The molecule has 9 heteroatoms. The first-order chi connectivity index (χ1) is 14.5. The van der Waals surface area contributed by atoms with Gasteiger partial charge in [-0.15, -0.1) is 0 Å². The van der Waals surface area contributed by atoms with Gasteiger partial charge in [0, 0.05) is 31.7 Å². The zero-order chi connectivity index (χ0) is 21.1. The lowest BCUT2D eigenvalue weighted by molar-refractivity contribution is 0.0698. The SMILES string of the molecule is N#Cc1ccccc1S(=O)(=O)N1CCN(C(=O)c2cn[nH]c2-c2ccccc2)CC1. The molecule has 2 heterocycles. The maximum atomic E-state index is 13.0. The molecule has 4 rings (SSSR count). The fourth-order valence-electron chi connectivity index (χ4n) is 3.50. The van der Waals surface area contributed by atoms with Crippen LogP contribution in [0.2, 0.25) is 0 Å². The molecule has 8 nitrogen and oxygen atoms in total. The van der Waals surface area contributed by atoms with Gasteiger partial charge in [0.05, 0.1) is 27.9 Å². The Hall–Kier alpha value is -3.48. The van der Waals surface area contributed by atoms with Gasteiger partial charge in [-0.2, -0.15) is 14.7 Å². The molecule has 0 bridgehead atoms. The highest BCUT2D eigenvalue weighted by molar-refractivity contribution is 7.89. The molecule has 1 aromatic heterocycles. The summed E-state index contributed by atoms with van der Waals surface area (Å²) in [4.78, 5) is 14.7. The largest absolute Gasteiger partial charge is 0.336 e. The average molecular weight is 421 g/mol. The van der Waals surface area contributed by atoms with E-state index in [0.717, 1.165) is 5.56 Å². The van der Waals surface area contributed by atoms with E-state index in [1.54, 1.807) is 17.0 Å². The Balaban J connectivity index is 1.50. The summed E-state index contributed by atoms with van der Waals surface area (Å²) < 4.78 is 27.3. The van der Waals surface area contributed by atoms with Crippen molar-refractivity contribution in [3.8, 4) is 17.3 Å². The van der Waals surface area contributed by atoms with Gasteiger partial charge in [-0.3, -0.25) is 9.89 Å². The maximum absolute atomic E-state index is 13.0. The van der Waals surface area contributed by atoms with Crippen LogP contribution in [-0.4, -0.2) is 59.9 Å². The molecule has 1 aliphatic rings. The monoisotopic (exact) mass is 421 g/mol. The molecular formula is C21H19N5O3S. The summed E-state index contributed by atoms with van der Waals surface area (Å²) >= 11 is 0. The van der Waals surface area contributed by atoms with Gasteiger partial charge in [0.15, 0.2) is 0 Å². The number of benzene rings is 2. The van der Waals surface area contributed by atoms with Crippen LogP contribution in [0.1, 0.15) is 15.9 Å². The van der Waals surface area contributed by atoms with Gasteiger partial charge >= 0.3 is 0 Å². The molecule has 3 aromatic rings. The van der Waals surface area contributed by atoms with Crippen LogP contribution >= 0.6 is 0 Å². The van der Waals surface area contributed by atoms with Crippen molar-refractivity contribution >= 4 is 15.9 Å². The van der Waals surface area contributed by atoms with Crippen LogP contribution in [-0.2, 0) is 10.0 Å². The predicted octanol–water partition coefficient (Wildman–Crippen LogP) is 2.10. The summed E-state index contributed by atoms with van der Waals surface area (Å²) in [5.41, 5.74) is 2.06. The molecule has 0 saturated carbocycles. The number of carbonyl (C=O) groups is 1. The van der Waals surface area contributed by atoms with Crippen molar-refractivity contribution in [2.45, 2.75) is 4.90 Å². The van der Waals surface area contributed by atoms with Gasteiger partial charge in [-0.05, 0) is 12.1 Å². The molecule has 1 fully saturated rings. The Morgan fingerprint density at radius 1 is 1.00 bits per heavy atom. The van der Waals surface area contributed by atoms with Gasteiger partial charge in [0.25, 0.3) is 5.91 Å². The number of nitrogens with zero attached hydrogens (tertiary/aromatic N) is 4. The Morgan fingerprint density at radius 3 is 2.37 bits per heavy atom. The van der Waals surface area contributed by atoms with E-state index in [2.05, 4.69) is 10.2 Å². The van der Waals surface area contributed by atoms with Crippen molar-refractivity contribution in [1.82, 2.24) is 19.4 Å². The Labute approximate surface area is 174 Å². The molecule has 1 N–H and O–H groups in total. The average Bonchev–Trinajstić information content (AvgIpc) is 3.29. The molecule has 30 heavy (non-hydrogen) atoms.